The van der Waals surface area contributed by atoms with E-state index in [-0.39, 0.29) is 17.8 Å². The molecule has 0 aromatic heterocycles. The first-order chi connectivity index (χ1) is 28.9. The second-order valence-electron chi connectivity index (χ2n) is 21.0. The summed E-state index contributed by atoms with van der Waals surface area (Å²) >= 11 is 0. The van der Waals surface area contributed by atoms with E-state index in [4.69, 9.17) is 19.3 Å². The van der Waals surface area contributed by atoms with Crippen molar-refractivity contribution in [3.05, 3.63) is 82.9 Å². The first-order valence-corrected chi connectivity index (χ1v) is 23.1. The van der Waals surface area contributed by atoms with Crippen LogP contribution in [0.25, 0.3) is 21.5 Å². The average Bonchev–Trinajstić information content (AvgIpc) is 3.19. The van der Waals surface area contributed by atoms with Crippen molar-refractivity contribution in [2.45, 2.75) is 132 Å². The summed E-state index contributed by atoms with van der Waals surface area (Å²) in [4.78, 5) is 27.1. The van der Waals surface area contributed by atoms with Crippen LogP contribution in [0.5, 0.6) is 11.5 Å². The SMILES string of the molecule is COC(=O)C1CN(Cc2ccc3c(C)c(OC4CCC(C(C)(C)C)CC4)ccc3c2)C1.Cc1c(OC2CCC(C(C)(C)C)CC2)ccc2cc(CN3CC(C(=O)O)C3)ccc12. The number of benzene rings is 4. The molecule has 0 unspecified atom stereocenters. The molecule has 2 aliphatic heterocycles. The van der Waals surface area contributed by atoms with E-state index in [1.54, 1.807) is 0 Å². The van der Waals surface area contributed by atoms with E-state index in [0.29, 0.717) is 36.1 Å². The summed E-state index contributed by atoms with van der Waals surface area (Å²) in [7, 11) is 1.46. The van der Waals surface area contributed by atoms with Gasteiger partial charge >= 0.3 is 11.9 Å². The summed E-state index contributed by atoms with van der Waals surface area (Å²) in [5.74, 6) is 2.70. The van der Waals surface area contributed by atoms with Crippen molar-refractivity contribution in [1.82, 2.24) is 9.80 Å². The van der Waals surface area contributed by atoms with Crippen molar-refractivity contribution in [1.29, 1.82) is 0 Å². The molecular weight excluding hydrogens is 761 g/mol. The molecule has 0 bridgehead atoms. The topological polar surface area (TPSA) is 88.5 Å². The number of carboxylic acids is 1. The molecule has 61 heavy (non-hydrogen) atoms. The summed E-state index contributed by atoms with van der Waals surface area (Å²) in [6, 6.07) is 21.9. The van der Waals surface area contributed by atoms with Gasteiger partial charge in [-0.1, -0.05) is 77.9 Å². The molecule has 2 saturated carbocycles. The lowest BCUT2D eigenvalue weighted by Crippen LogP contribution is -2.49. The normalized spacial score (nSPS) is 23.1. The summed E-state index contributed by atoms with van der Waals surface area (Å²) in [6.07, 6.45) is 10.3. The second-order valence-corrected chi connectivity index (χ2v) is 21.0. The minimum Gasteiger partial charge on any atom is -0.490 e. The van der Waals surface area contributed by atoms with Gasteiger partial charge in [-0.3, -0.25) is 19.4 Å². The molecule has 0 radical (unpaired) electrons. The minimum atomic E-state index is -0.681. The van der Waals surface area contributed by atoms with E-state index in [0.717, 1.165) is 75.2 Å². The number of carbonyl (C=O) groups excluding carboxylic acids is 1. The molecule has 4 aromatic rings. The van der Waals surface area contributed by atoms with E-state index < -0.39 is 5.97 Å². The zero-order valence-electron chi connectivity index (χ0n) is 38.5. The number of fused-ring (bicyclic) bond motifs is 2. The number of nitrogens with zero attached hydrogens (tertiary/aromatic N) is 2. The highest BCUT2D eigenvalue weighted by Crippen LogP contribution is 2.41. The third kappa shape index (κ3) is 10.9. The number of hydrogen-bond acceptors (Lipinski definition) is 7. The lowest BCUT2D eigenvalue weighted by Gasteiger charge is -2.37. The summed E-state index contributed by atoms with van der Waals surface area (Å²) in [5.41, 5.74) is 5.76. The molecule has 2 aliphatic carbocycles. The average molecular weight is 833 g/mol. The number of ether oxygens (including phenoxy) is 3. The van der Waals surface area contributed by atoms with Gasteiger partial charge < -0.3 is 19.3 Å². The molecule has 8 nitrogen and oxygen atoms in total. The highest BCUT2D eigenvalue weighted by Gasteiger charge is 2.35. The maximum absolute atomic E-state index is 11.6. The fourth-order valence-corrected chi connectivity index (χ4v) is 10.3. The molecule has 0 spiro atoms. The van der Waals surface area contributed by atoms with Crippen molar-refractivity contribution in [3.8, 4) is 11.5 Å². The molecule has 4 aliphatic rings. The standard InChI is InChI=1S/C27H37NO3.C26H35NO3/c1-18-24-12-6-19(15-28-16-21(17-28)26(29)30-5)14-20(24)7-13-25(18)31-23-10-8-22(9-11-23)27(2,3)4;1-17-23-11-5-18(14-27-15-20(16-27)25(28)29)13-19(23)6-12-24(17)30-22-9-7-21(8-10-22)26(2,3)4/h6-7,12-14,21-23H,8-11,15-17H2,1-5H3;5-6,11-13,20-22H,7-10,14-16H2,1-4H3,(H,28,29). The van der Waals surface area contributed by atoms with Crippen LogP contribution in [-0.2, 0) is 27.4 Å². The number of likely N-dealkylation sites (tertiary alicyclic amines) is 2. The predicted octanol–water partition coefficient (Wildman–Crippen LogP) is 11.4. The summed E-state index contributed by atoms with van der Waals surface area (Å²) < 4.78 is 17.7. The third-order valence-electron chi connectivity index (χ3n) is 14.6. The Morgan fingerprint density at radius 2 is 0.984 bits per heavy atom. The number of methoxy groups -OCH3 is 1. The van der Waals surface area contributed by atoms with Crippen molar-refractivity contribution < 1.29 is 28.9 Å². The van der Waals surface area contributed by atoms with Gasteiger partial charge in [0.25, 0.3) is 0 Å². The smallest absolute Gasteiger partial charge is 0.311 e. The number of esters is 1. The van der Waals surface area contributed by atoms with Crippen LogP contribution in [0.3, 0.4) is 0 Å². The Hall–Kier alpha value is -4.14. The molecule has 1 N–H and O–H groups in total. The molecule has 0 amide bonds. The molecule has 330 valence electrons. The Bertz CT molecular complexity index is 2160. The number of aliphatic carboxylic acids is 1. The van der Waals surface area contributed by atoms with Crippen LogP contribution >= 0.6 is 0 Å². The van der Waals surface area contributed by atoms with Crippen molar-refractivity contribution in [2.75, 3.05) is 33.3 Å². The molecule has 0 atom stereocenters. The molecular formula is C53H72N2O6. The zero-order chi connectivity index (χ0) is 43.6. The van der Waals surface area contributed by atoms with Crippen LogP contribution in [0.4, 0.5) is 0 Å². The number of hydrogen-bond donors (Lipinski definition) is 1. The first-order valence-electron chi connectivity index (χ1n) is 23.1. The van der Waals surface area contributed by atoms with Crippen LogP contribution in [0.2, 0.25) is 0 Å². The lowest BCUT2D eigenvalue weighted by molar-refractivity contribution is -0.151. The van der Waals surface area contributed by atoms with Crippen molar-refractivity contribution >= 4 is 33.5 Å². The Morgan fingerprint density at radius 3 is 1.34 bits per heavy atom. The maximum Gasteiger partial charge on any atom is 0.311 e. The van der Waals surface area contributed by atoms with Gasteiger partial charge in [0.2, 0.25) is 0 Å². The van der Waals surface area contributed by atoms with Crippen molar-refractivity contribution in [2.24, 2.45) is 34.5 Å². The monoisotopic (exact) mass is 833 g/mol. The fourth-order valence-electron chi connectivity index (χ4n) is 10.3. The van der Waals surface area contributed by atoms with Gasteiger partial charge in [-0.15, -0.1) is 0 Å². The highest BCUT2D eigenvalue weighted by molar-refractivity contribution is 5.89. The van der Waals surface area contributed by atoms with E-state index in [1.165, 1.54) is 76.6 Å². The van der Waals surface area contributed by atoms with Crippen LogP contribution < -0.4 is 9.47 Å². The number of carboxylic acid groups (broad SMARTS) is 1. The first kappa shape index (κ1) is 44.9. The molecule has 2 heterocycles. The Labute approximate surface area is 365 Å². The maximum atomic E-state index is 11.6. The Morgan fingerprint density at radius 1 is 0.590 bits per heavy atom. The molecule has 8 rings (SSSR count). The van der Waals surface area contributed by atoms with Gasteiger partial charge in [0.15, 0.2) is 0 Å². The predicted molar refractivity (Wildman–Crippen MR) is 246 cm³/mol. The quantitative estimate of drug-likeness (QED) is 0.158. The highest BCUT2D eigenvalue weighted by atomic mass is 16.5. The largest absolute Gasteiger partial charge is 0.490 e. The third-order valence-corrected chi connectivity index (χ3v) is 14.6. The summed E-state index contributed by atoms with van der Waals surface area (Å²) in [6.45, 7) is 23.0. The zero-order valence-corrected chi connectivity index (χ0v) is 38.5. The van der Waals surface area contributed by atoms with Gasteiger partial charge in [-0.25, -0.2) is 0 Å². The van der Waals surface area contributed by atoms with Crippen molar-refractivity contribution in [3.63, 3.8) is 0 Å². The number of aryl methyl sites for hydroxylation is 2. The molecule has 8 heteroatoms. The van der Waals surface area contributed by atoms with Gasteiger partial charge in [-0.05, 0) is 156 Å². The Kier molecular flexibility index (Phi) is 13.8. The lowest BCUT2D eigenvalue weighted by atomic mass is 9.72. The van der Waals surface area contributed by atoms with Crippen LogP contribution in [-0.4, -0.2) is 72.3 Å². The number of carbonyl (C=O) groups is 2. The van der Waals surface area contributed by atoms with E-state index in [9.17, 15) is 9.59 Å². The molecule has 4 fully saturated rings. The molecule has 2 saturated heterocycles. The Balaban J connectivity index is 0.000000184. The van der Waals surface area contributed by atoms with E-state index >= 15 is 0 Å². The van der Waals surface area contributed by atoms with Gasteiger partial charge in [0.05, 0.1) is 31.2 Å². The summed E-state index contributed by atoms with van der Waals surface area (Å²) in [5, 5.41) is 14.0. The van der Waals surface area contributed by atoms with Gasteiger partial charge in [-0.2, -0.15) is 0 Å². The second kappa shape index (κ2) is 18.7. The minimum absolute atomic E-state index is 0.0332. The van der Waals surface area contributed by atoms with Gasteiger partial charge in [0, 0.05) is 39.3 Å². The molecule has 4 aromatic carbocycles. The van der Waals surface area contributed by atoms with E-state index in [2.05, 4.69) is 126 Å². The van der Waals surface area contributed by atoms with Crippen LogP contribution in [0.1, 0.15) is 115 Å². The van der Waals surface area contributed by atoms with Crippen LogP contribution in [0.15, 0.2) is 60.7 Å². The van der Waals surface area contributed by atoms with E-state index in [1.807, 2.05) is 0 Å². The van der Waals surface area contributed by atoms with Gasteiger partial charge in [0.1, 0.15) is 11.5 Å². The fraction of sp³-hybridized carbons (Fsp3) is 0.585. The van der Waals surface area contributed by atoms with Crippen LogP contribution in [0, 0.1) is 48.3 Å². The number of rotatable bonds is 10.